The van der Waals surface area contributed by atoms with Gasteiger partial charge in [-0.3, -0.25) is 9.89 Å². The minimum Gasteiger partial charge on any atom is -0.378 e. The lowest BCUT2D eigenvalue weighted by Gasteiger charge is -2.31. The van der Waals surface area contributed by atoms with Crippen LogP contribution in [0.3, 0.4) is 0 Å². The van der Waals surface area contributed by atoms with Crippen molar-refractivity contribution in [3.8, 4) is 17.1 Å². The van der Waals surface area contributed by atoms with Crippen LogP contribution in [0.15, 0.2) is 64.5 Å². The highest BCUT2D eigenvalue weighted by molar-refractivity contribution is 5.95. The highest BCUT2D eigenvalue weighted by Crippen LogP contribution is 2.29. The number of nitrogen functional groups attached to an aromatic ring is 1. The van der Waals surface area contributed by atoms with Gasteiger partial charge in [0.15, 0.2) is 5.69 Å². The first-order valence-corrected chi connectivity index (χ1v) is 12.1. The number of nitrogens with zero attached hydrogens (tertiary/aromatic N) is 8. The van der Waals surface area contributed by atoms with E-state index in [0.717, 1.165) is 25.1 Å². The topological polar surface area (TPSA) is 169 Å². The van der Waals surface area contributed by atoms with Crippen molar-refractivity contribution >= 4 is 23.6 Å². The number of benzene rings is 2. The van der Waals surface area contributed by atoms with Crippen molar-refractivity contribution in [3.63, 3.8) is 0 Å². The molecule has 1 aliphatic rings. The molecule has 2 aromatic carbocycles. The maximum absolute atomic E-state index is 13.3. The number of rotatable bonds is 7. The lowest BCUT2D eigenvalue weighted by Crippen LogP contribution is -2.31. The number of hydrogen-bond donors (Lipinski definition) is 3. The molecule has 0 atom stereocenters. The SMILES string of the molecule is Nc1nonc1-n1nnc(C(=O)NN=Cc2cn[nH]c2-c2ccc(F)cc2)c1CN1CCCc2ccccc21. The first-order valence-electron chi connectivity index (χ1n) is 12.1. The number of aromatic nitrogens is 7. The van der Waals surface area contributed by atoms with E-state index in [2.05, 4.69) is 52.3 Å². The summed E-state index contributed by atoms with van der Waals surface area (Å²) in [6.45, 7) is 1.08. The molecule has 196 valence electrons. The number of carbonyl (C=O) groups excluding carboxylic acids is 1. The molecule has 6 rings (SSSR count). The number of nitrogens with one attached hydrogen (secondary N) is 2. The highest BCUT2D eigenvalue weighted by atomic mass is 19.1. The average molecular weight is 528 g/mol. The summed E-state index contributed by atoms with van der Waals surface area (Å²) in [4.78, 5) is 15.4. The van der Waals surface area contributed by atoms with Crippen molar-refractivity contribution < 1.29 is 13.8 Å². The summed E-state index contributed by atoms with van der Waals surface area (Å²) in [6.07, 6.45) is 4.91. The summed E-state index contributed by atoms with van der Waals surface area (Å²) in [5, 5.41) is 26.7. The molecule has 0 saturated heterocycles. The van der Waals surface area contributed by atoms with Gasteiger partial charge in [0.25, 0.3) is 5.91 Å². The number of aromatic amines is 1. The average Bonchev–Trinajstić information content (AvgIpc) is 3.69. The molecule has 1 amide bonds. The third-order valence-corrected chi connectivity index (χ3v) is 6.39. The number of halogens is 1. The van der Waals surface area contributed by atoms with E-state index in [1.54, 1.807) is 18.3 Å². The Labute approximate surface area is 220 Å². The molecule has 14 heteroatoms. The van der Waals surface area contributed by atoms with Gasteiger partial charge in [0.2, 0.25) is 11.6 Å². The quantitative estimate of drug-likeness (QED) is 0.213. The van der Waals surface area contributed by atoms with E-state index in [-0.39, 0.29) is 23.1 Å². The maximum Gasteiger partial charge on any atom is 0.293 e. The summed E-state index contributed by atoms with van der Waals surface area (Å²) in [6, 6.07) is 14.1. The second-order valence-corrected chi connectivity index (χ2v) is 8.83. The number of amides is 1. The van der Waals surface area contributed by atoms with Crippen LogP contribution in [-0.4, -0.2) is 54.2 Å². The van der Waals surface area contributed by atoms with Gasteiger partial charge >= 0.3 is 0 Å². The normalized spacial score (nSPS) is 13.1. The Balaban J connectivity index is 1.27. The predicted molar refractivity (Wildman–Crippen MR) is 138 cm³/mol. The monoisotopic (exact) mass is 527 g/mol. The van der Waals surface area contributed by atoms with Crippen LogP contribution >= 0.6 is 0 Å². The van der Waals surface area contributed by atoms with Crippen LogP contribution in [0.1, 0.15) is 33.7 Å². The molecule has 0 bridgehead atoms. The van der Waals surface area contributed by atoms with Gasteiger partial charge in [-0.1, -0.05) is 23.4 Å². The van der Waals surface area contributed by atoms with Gasteiger partial charge in [-0.2, -0.15) is 14.9 Å². The van der Waals surface area contributed by atoms with Crippen LogP contribution in [-0.2, 0) is 13.0 Å². The summed E-state index contributed by atoms with van der Waals surface area (Å²) in [5.41, 5.74) is 13.1. The Hall–Kier alpha value is -5.40. The summed E-state index contributed by atoms with van der Waals surface area (Å²) in [5.74, 6) is -0.786. The molecule has 0 unspecified atom stereocenters. The number of hydrogen-bond acceptors (Lipinski definition) is 10. The molecule has 0 radical (unpaired) electrons. The van der Waals surface area contributed by atoms with Gasteiger partial charge in [0, 0.05) is 23.4 Å². The van der Waals surface area contributed by atoms with Crippen LogP contribution in [0.2, 0.25) is 0 Å². The van der Waals surface area contributed by atoms with E-state index in [1.165, 1.54) is 28.6 Å². The van der Waals surface area contributed by atoms with Gasteiger partial charge in [0.1, 0.15) is 5.82 Å². The number of fused-ring (bicyclic) bond motifs is 1. The summed E-state index contributed by atoms with van der Waals surface area (Å²) in [7, 11) is 0. The van der Waals surface area contributed by atoms with Gasteiger partial charge in [-0.15, -0.1) is 5.10 Å². The van der Waals surface area contributed by atoms with Crippen molar-refractivity contribution in [1.29, 1.82) is 0 Å². The zero-order valence-corrected chi connectivity index (χ0v) is 20.5. The summed E-state index contributed by atoms with van der Waals surface area (Å²) < 4.78 is 19.4. The largest absolute Gasteiger partial charge is 0.378 e. The number of aryl methyl sites for hydroxylation is 1. The van der Waals surface area contributed by atoms with E-state index in [4.69, 9.17) is 10.4 Å². The van der Waals surface area contributed by atoms with E-state index in [0.29, 0.717) is 29.1 Å². The fourth-order valence-corrected chi connectivity index (χ4v) is 4.54. The first-order chi connectivity index (χ1) is 19.1. The number of nitrogens with two attached hydrogens (primary N) is 1. The molecule has 4 heterocycles. The number of hydrazone groups is 1. The van der Waals surface area contributed by atoms with Crippen molar-refractivity contribution in [2.24, 2.45) is 5.10 Å². The van der Waals surface area contributed by atoms with Crippen LogP contribution in [0.5, 0.6) is 0 Å². The molecular formula is C25H22FN11O2. The molecule has 0 spiro atoms. The van der Waals surface area contributed by atoms with E-state index in [1.807, 2.05) is 18.2 Å². The molecule has 4 N–H and O–H groups in total. The molecule has 13 nitrogen and oxygen atoms in total. The van der Waals surface area contributed by atoms with Crippen molar-refractivity contribution in [3.05, 3.63) is 83.1 Å². The second-order valence-electron chi connectivity index (χ2n) is 8.83. The number of para-hydroxylation sites is 1. The zero-order valence-electron chi connectivity index (χ0n) is 20.5. The maximum atomic E-state index is 13.3. The molecule has 0 aliphatic carbocycles. The fraction of sp³-hybridized carbons (Fsp3) is 0.160. The molecule has 0 fully saturated rings. The predicted octanol–water partition coefficient (Wildman–Crippen LogP) is 2.48. The molecular weight excluding hydrogens is 505 g/mol. The molecule has 1 aliphatic heterocycles. The Kier molecular flexibility index (Phi) is 6.24. The Morgan fingerprint density at radius 2 is 2.05 bits per heavy atom. The number of anilines is 2. The van der Waals surface area contributed by atoms with Crippen LogP contribution in [0.4, 0.5) is 15.9 Å². The standard InChI is InChI=1S/C25H22FN11O2/c26-18-9-7-16(8-10-18)21-17(12-28-30-21)13-29-32-25(38)22-20(37(35-31-22)24-23(27)33-39-34-24)14-36-11-3-5-15-4-1-2-6-19(15)36/h1-2,4,6-10,12-13H,3,5,11,14H2,(H2,27,33)(H,28,30)(H,32,38). The van der Waals surface area contributed by atoms with Crippen molar-refractivity contribution in [2.75, 3.05) is 17.2 Å². The van der Waals surface area contributed by atoms with Gasteiger partial charge in [0.05, 0.1) is 30.3 Å². The van der Waals surface area contributed by atoms with Crippen LogP contribution in [0.25, 0.3) is 17.1 Å². The minimum atomic E-state index is -0.584. The summed E-state index contributed by atoms with van der Waals surface area (Å²) >= 11 is 0. The second kappa shape index (κ2) is 10.2. The van der Waals surface area contributed by atoms with E-state index < -0.39 is 5.91 Å². The van der Waals surface area contributed by atoms with Crippen molar-refractivity contribution in [2.45, 2.75) is 19.4 Å². The van der Waals surface area contributed by atoms with Gasteiger partial charge in [-0.25, -0.2) is 14.4 Å². The first kappa shape index (κ1) is 24.0. The minimum absolute atomic E-state index is 0.0125. The van der Waals surface area contributed by atoms with Gasteiger partial charge in [-0.05, 0) is 59.1 Å². The Morgan fingerprint density at radius 3 is 2.87 bits per heavy atom. The van der Waals surface area contributed by atoms with Gasteiger partial charge < -0.3 is 10.6 Å². The zero-order chi connectivity index (χ0) is 26.8. The lowest BCUT2D eigenvalue weighted by atomic mass is 10.0. The van der Waals surface area contributed by atoms with E-state index >= 15 is 0 Å². The number of carbonyl (C=O) groups is 1. The lowest BCUT2D eigenvalue weighted by molar-refractivity contribution is 0.0949. The van der Waals surface area contributed by atoms with Crippen molar-refractivity contribution in [1.82, 2.24) is 40.9 Å². The third kappa shape index (κ3) is 4.70. The third-order valence-electron chi connectivity index (χ3n) is 6.39. The van der Waals surface area contributed by atoms with Crippen LogP contribution < -0.4 is 16.1 Å². The Bertz CT molecular complexity index is 1650. The van der Waals surface area contributed by atoms with Crippen LogP contribution in [0, 0.1) is 5.82 Å². The molecule has 39 heavy (non-hydrogen) atoms. The van der Waals surface area contributed by atoms with E-state index in [9.17, 15) is 9.18 Å². The number of H-pyrrole nitrogens is 1. The Morgan fingerprint density at radius 1 is 1.21 bits per heavy atom. The highest BCUT2D eigenvalue weighted by Gasteiger charge is 2.27. The smallest absolute Gasteiger partial charge is 0.293 e. The molecule has 5 aromatic rings. The molecule has 3 aromatic heterocycles. The molecule has 0 saturated carbocycles. The fourth-order valence-electron chi connectivity index (χ4n) is 4.54.